The van der Waals surface area contributed by atoms with Crippen molar-refractivity contribution in [1.29, 1.82) is 0 Å². The summed E-state index contributed by atoms with van der Waals surface area (Å²) in [6.07, 6.45) is 0.0990. The van der Waals surface area contributed by atoms with E-state index in [2.05, 4.69) is 10.6 Å². The van der Waals surface area contributed by atoms with E-state index in [-0.39, 0.29) is 28.8 Å². The Morgan fingerprint density at radius 3 is 2.09 bits per heavy atom. The van der Waals surface area contributed by atoms with E-state index >= 15 is 0 Å². The minimum Gasteiger partial charge on any atom is -0.325 e. The van der Waals surface area contributed by atoms with Crippen LogP contribution in [-0.2, 0) is 20.6 Å². The van der Waals surface area contributed by atoms with E-state index in [9.17, 15) is 32.3 Å². The molecule has 4 amide bonds. The Balaban J connectivity index is 1.40. The predicted octanol–water partition coefficient (Wildman–Crippen LogP) is 3.85. The first-order chi connectivity index (χ1) is 16.1. The molecule has 2 atom stereocenters. The first kappa shape index (κ1) is 23.2. The number of likely N-dealkylation sites (tertiary alicyclic amines) is 1. The Morgan fingerprint density at radius 1 is 0.882 bits per heavy atom. The normalized spacial score (nSPS) is 19.7. The Morgan fingerprint density at radius 2 is 1.47 bits per heavy atom. The summed E-state index contributed by atoms with van der Waals surface area (Å²) >= 11 is 0. The number of alkyl halides is 3. The van der Waals surface area contributed by atoms with Gasteiger partial charge in [0.1, 0.15) is 6.54 Å². The summed E-state index contributed by atoms with van der Waals surface area (Å²) in [4.78, 5) is 51.0. The fraction of sp³-hybridized carbons (Fsp3) is 0.250. The van der Waals surface area contributed by atoms with E-state index < -0.39 is 41.9 Å². The number of nitrogens with zero attached hydrogens (tertiary/aromatic N) is 1. The number of carbonyl (C=O) groups is 4. The van der Waals surface area contributed by atoms with Gasteiger partial charge in [-0.1, -0.05) is 24.3 Å². The van der Waals surface area contributed by atoms with Gasteiger partial charge in [0.25, 0.3) is 5.91 Å². The molecule has 7 nitrogen and oxygen atoms in total. The van der Waals surface area contributed by atoms with Gasteiger partial charge in [-0.2, -0.15) is 13.2 Å². The third-order valence-corrected chi connectivity index (χ3v) is 5.76. The van der Waals surface area contributed by atoms with Gasteiger partial charge < -0.3 is 10.6 Å². The third kappa shape index (κ3) is 4.85. The molecular weight excluding hydrogens is 451 g/mol. The van der Waals surface area contributed by atoms with Crippen molar-refractivity contribution >= 4 is 35.0 Å². The van der Waals surface area contributed by atoms with Gasteiger partial charge in [-0.25, -0.2) is 0 Å². The number of fused-ring (bicyclic) bond motifs is 1. The van der Waals surface area contributed by atoms with Gasteiger partial charge in [0.2, 0.25) is 17.7 Å². The van der Waals surface area contributed by atoms with Crippen molar-refractivity contribution in [2.45, 2.75) is 19.0 Å². The largest absolute Gasteiger partial charge is 0.416 e. The number of allylic oxidation sites excluding steroid dienone is 2. The highest BCUT2D eigenvalue weighted by molar-refractivity contribution is 6.09. The molecule has 4 rings (SSSR count). The van der Waals surface area contributed by atoms with Gasteiger partial charge >= 0.3 is 6.18 Å². The molecule has 0 radical (unpaired) electrons. The lowest BCUT2D eigenvalue weighted by atomic mass is 9.85. The maximum Gasteiger partial charge on any atom is 0.416 e. The average Bonchev–Trinajstić information content (AvgIpc) is 3.04. The summed E-state index contributed by atoms with van der Waals surface area (Å²) in [5, 5.41) is 4.94. The van der Waals surface area contributed by atoms with E-state index in [1.165, 1.54) is 36.4 Å². The number of halogens is 3. The van der Waals surface area contributed by atoms with Crippen LogP contribution in [0, 0.1) is 11.8 Å². The zero-order valence-corrected chi connectivity index (χ0v) is 17.8. The molecule has 176 valence electrons. The molecule has 1 aliphatic heterocycles. The quantitative estimate of drug-likeness (QED) is 0.512. The summed E-state index contributed by atoms with van der Waals surface area (Å²) in [6, 6.07) is 10.0. The average molecular weight is 471 g/mol. The van der Waals surface area contributed by atoms with E-state index in [4.69, 9.17) is 0 Å². The molecule has 1 aliphatic carbocycles. The highest BCUT2D eigenvalue weighted by atomic mass is 19.4. The molecule has 1 fully saturated rings. The number of imide groups is 1. The molecule has 2 aromatic carbocycles. The van der Waals surface area contributed by atoms with Crippen LogP contribution in [0.15, 0.2) is 60.7 Å². The van der Waals surface area contributed by atoms with Crippen LogP contribution in [0.1, 0.15) is 28.8 Å². The highest BCUT2D eigenvalue weighted by Gasteiger charge is 2.47. The van der Waals surface area contributed by atoms with Crippen molar-refractivity contribution in [1.82, 2.24) is 4.90 Å². The standard InChI is InChI=1S/C24H20F3N3O4/c25-24(26,27)15-6-4-8-17(12-15)29-21(32)14-5-3-7-16(11-14)28-20(31)13-30-22(33)18-9-1-2-10-19(18)23(30)34/h1-8,11-12,18-19H,9-10,13H2,(H,28,31)(H,29,32). The van der Waals surface area contributed by atoms with Crippen LogP contribution >= 0.6 is 0 Å². The number of amides is 4. The second kappa shape index (κ2) is 9.12. The van der Waals surface area contributed by atoms with Crippen LogP contribution in [-0.4, -0.2) is 35.1 Å². The number of benzene rings is 2. The van der Waals surface area contributed by atoms with E-state index in [0.717, 1.165) is 17.0 Å². The van der Waals surface area contributed by atoms with Gasteiger partial charge in [-0.3, -0.25) is 24.1 Å². The molecule has 0 bridgehead atoms. The number of hydrogen-bond acceptors (Lipinski definition) is 4. The molecule has 2 unspecified atom stereocenters. The minimum atomic E-state index is -4.54. The van der Waals surface area contributed by atoms with Crippen molar-refractivity contribution in [3.8, 4) is 0 Å². The lowest BCUT2D eigenvalue weighted by Gasteiger charge is -2.15. The number of rotatable bonds is 5. The van der Waals surface area contributed by atoms with Crippen molar-refractivity contribution in [3.63, 3.8) is 0 Å². The fourth-order valence-electron chi connectivity index (χ4n) is 4.08. The summed E-state index contributed by atoms with van der Waals surface area (Å²) in [6.45, 7) is -0.439. The van der Waals surface area contributed by atoms with Crippen LogP contribution in [0.4, 0.5) is 24.5 Å². The van der Waals surface area contributed by atoms with Crippen molar-refractivity contribution in [3.05, 3.63) is 71.8 Å². The molecule has 2 aromatic rings. The van der Waals surface area contributed by atoms with Gasteiger partial charge in [-0.15, -0.1) is 0 Å². The van der Waals surface area contributed by atoms with Crippen LogP contribution in [0.3, 0.4) is 0 Å². The maximum absolute atomic E-state index is 12.9. The summed E-state index contributed by atoms with van der Waals surface area (Å²) < 4.78 is 38.6. The zero-order chi connectivity index (χ0) is 24.5. The topological polar surface area (TPSA) is 95.6 Å². The molecule has 0 aromatic heterocycles. The lowest BCUT2D eigenvalue weighted by molar-refractivity contribution is -0.142. The van der Waals surface area contributed by atoms with E-state index in [1.54, 1.807) is 0 Å². The first-order valence-corrected chi connectivity index (χ1v) is 10.5. The molecule has 0 saturated carbocycles. The Hall–Kier alpha value is -3.95. The monoisotopic (exact) mass is 471 g/mol. The number of anilines is 2. The van der Waals surface area contributed by atoms with Gasteiger partial charge in [-0.05, 0) is 49.2 Å². The molecule has 1 heterocycles. The molecule has 34 heavy (non-hydrogen) atoms. The lowest BCUT2D eigenvalue weighted by Crippen LogP contribution is -2.38. The number of hydrogen-bond donors (Lipinski definition) is 2. The van der Waals surface area contributed by atoms with Gasteiger partial charge in [0, 0.05) is 16.9 Å². The molecule has 2 N–H and O–H groups in total. The Kier molecular flexibility index (Phi) is 6.23. The molecule has 2 aliphatic rings. The summed E-state index contributed by atoms with van der Waals surface area (Å²) in [7, 11) is 0. The van der Waals surface area contributed by atoms with Crippen molar-refractivity contribution in [2.75, 3.05) is 17.2 Å². The SMILES string of the molecule is O=C(CN1C(=O)C2CC=CCC2C1=O)Nc1cccc(C(=O)Nc2cccc(C(F)(F)F)c2)c1. The van der Waals surface area contributed by atoms with Gasteiger partial charge in [0.05, 0.1) is 17.4 Å². The third-order valence-electron chi connectivity index (χ3n) is 5.76. The first-order valence-electron chi connectivity index (χ1n) is 10.5. The maximum atomic E-state index is 12.9. The fourth-order valence-corrected chi connectivity index (χ4v) is 4.08. The zero-order valence-electron chi connectivity index (χ0n) is 17.8. The van der Waals surface area contributed by atoms with Crippen molar-refractivity contribution in [2.24, 2.45) is 11.8 Å². The summed E-state index contributed by atoms with van der Waals surface area (Å²) in [5.74, 6) is -2.89. The van der Waals surface area contributed by atoms with Crippen LogP contribution < -0.4 is 10.6 Å². The second-order valence-electron chi connectivity index (χ2n) is 8.08. The van der Waals surface area contributed by atoms with Crippen molar-refractivity contribution < 1.29 is 32.3 Å². The Labute approximate surface area is 192 Å². The summed E-state index contributed by atoms with van der Waals surface area (Å²) in [5.41, 5.74) is -0.593. The second-order valence-corrected chi connectivity index (χ2v) is 8.08. The van der Waals surface area contributed by atoms with Crippen LogP contribution in [0.25, 0.3) is 0 Å². The predicted molar refractivity (Wildman–Crippen MR) is 117 cm³/mol. The minimum absolute atomic E-state index is 0.0312. The number of carbonyl (C=O) groups excluding carboxylic acids is 4. The van der Waals surface area contributed by atoms with E-state index in [1.807, 2.05) is 12.2 Å². The number of nitrogens with one attached hydrogen (secondary N) is 2. The highest BCUT2D eigenvalue weighted by Crippen LogP contribution is 2.35. The van der Waals surface area contributed by atoms with Crippen LogP contribution in [0.2, 0.25) is 0 Å². The smallest absolute Gasteiger partial charge is 0.325 e. The van der Waals surface area contributed by atoms with Gasteiger partial charge in [0.15, 0.2) is 0 Å². The molecule has 0 spiro atoms. The van der Waals surface area contributed by atoms with Crippen LogP contribution in [0.5, 0.6) is 0 Å². The molecule has 1 saturated heterocycles. The molecular formula is C24H20F3N3O4. The Bertz CT molecular complexity index is 1170. The molecule has 10 heteroatoms. The van der Waals surface area contributed by atoms with E-state index in [0.29, 0.717) is 12.8 Å².